The fourth-order valence-electron chi connectivity index (χ4n) is 4.87. The first-order valence-corrected chi connectivity index (χ1v) is 10.9. The number of piperidine rings is 1. The normalized spacial score (nSPS) is 20.3. The average molecular weight is 470 g/mol. The van der Waals surface area contributed by atoms with Crippen molar-refractivity contribution in [2.75, 3.05) is 71.7 Å². The predicted molar refractivity (Wildman–Crippen MR) is 115 cm³/mol. The molecule has 2 heterocycles. The lowest BCUT2D eigenvalue weighted by Gasteiger charge is -2.43. The number of ether oxygens (including phenoxy) is 3. The van der Waals surface area contributed by atoms with Crippen molar-refractivity contribution in [3.8, 4) is 6.07 Å². The minimum absolute atomic E-state index is 0.0188. The summed E-state index contributed by atoms with van der Waals surface area (Å²) in [6.07, 6.45) is -3.14. The molecular weight excluding hydrogens is 439 g/mol. The molecule has 0 aromatic heterocycles. The summed E-state index contributed by atoms with van der Waals surface area (Å²) in [5.41, 5.74) is -0.998. The van der Waals surface area contributed by atoms with Gasteiger partial charge in [0, 0.05) is 52.0 Å². The smallest absolute Gasteiger partial charge is 0.382 e. The van der Waals surface area contributed by atoms with Gasteiger partial charge in [-0.15, -0.1) is 0 Å². The summed E-state index contributed by atoms with van der Waals surface area (Å²) < 4.78 is 56.0. The first kappa shape index (κ1) is 25.3. The van der Waals surface area contributed by atoms with Crippen LogP contribution >= 0.6 is 0 Å². The van der Waals surface area contributed by atoms with Gasteiger partial charge in [-0.25, -0.2) is 0 Å². The number of benzene rings is 1. The van der Waals surface area contributed by atoms with E-state index in [1.54, 1.807) is 19.2 Å². The van der Waals surface area contributed by atoms with Crippen LogP contribution in [-0.2, 0) is 25.2 Å². The number of halogens is 3. The van der Waals surface area contributed by atoms with Gasteiger partial charge in [-0.2, -0.15) is 18.4 Å². The Morgan fingerprint density at radius 2 is 1.94 bits per heavy atom. The van der Waals surface area contributed by atoms with Gasteiger partial charge in [0.05, 0.1) is 37.0 Å². The summed E-state index contributed by atoms with van der Waals surface area (Å²) in [5.74, 6) is 0.0598. The van der Waals surface area contributed by atoms with E-state index in [9.17, 15) is 18.0 Å². The van der Waals surface area contributed by atoms with Gasteiger partial charge in [0.2, 0.25) is 5.91 Å². The predicted octanol–water partition coefficient (Wildman–Crippen LogP) is 2.93. The Labute approximate surface area is 192 Å². The molecule has 3 rings (SSSR count). The van der Waals surface area contributed by atoms with Crippen LogP contribution in [0.25, 0.3) is 0 Å². The molecule has 182 valence electrons. The molecule has 1 aromatic rings. The summed E-state index contributed by atoms with van der Waals surface area (Å²) in [6.45, 7) is 3.74. The summed E-state index contributed by atoms with van der Waals surface area (Å²) >= 11 is 0. The largest absolute Gasteiger partial charge is 0.417 e. The molecule has 1 atom stereocenters. The van der Waals surface area contributed by atoms with Gasteiger partial charge in [-0.1, -0.05) is 0 Å². The highest BCUT2D eigenvalue weighted by Gasteiger charge is 2.49. The molecule has 0 radical (unpaired) electrons. The molecule has 1 aromatic carbocycles. The van der Waals surface area contributed by atoms with E-state index >= 15 is 0 Å². The Bertz CT molecular complexity index is 863. The van der Waals surface area contributed by atoms with Crippen molar-refractivity contribution in [1.82, 2.24) is 4.90 Å². The number of hydrogen-bond donors (Lipinski definition) is 0. The van der Waals surface area contributed by atoms with Crippen LogP contribution in [0.4, 0.5) is 18.9 Å². The molecule has 0 saturated carbocycles. The molecule has 33 heavy (non-hydrogen) atoms. The monoisotopic (exact) mass is 469 g/mol. The number of alkyl halides is 3. The maximum atomic E-state index is 13.4. The molecular formula is C23H30F3N3O4. The zero-order valence-corrected chi connectivity index (χ0v) is 19.0. The van der Waals surface area contributed by atoms with E-state index in [0.717, 1.165) is 18.9 Å². The van der Waals surface area contributed by atoms with Crippen LogP contribution in [0.2, 0.25) is 0 Å². The van der Waals surface area contributed by atoms with Crippen molar-refractivity contribution >= 4 is 11.6 Å². The topological polar surface area (TPSA) is 75.0 Å². The van der Waals surface area contributed by atoms with Crippen molar-refractivity contribution in [2.24, 2.45) is 11.3 Å². The van der Waals surface area contributed by atoms with E-state index in [1.807, 2.05) is 9.80 Å². The number of anilines is 1. The number of rotatable bonds is 8. The summed E-state index contributed by atoms with van der Waals surface area (Å²) in [7, 11) is 3.09. The molecule has 2 aliphatic rings. The summed E-state index contributed by atoms with van der Waals surface area (Å²) in [5, 5.41) is 9.04. The number of carbonyl (C=O) groups is 1. The lowest BCUT2D eigenvalue weighted by molar-refractivity contribution is -0.137. The van der Waals surface area contributed by atoms with Crippen LogP contribution in [0.1, 0.15) is 24.0 Å². The third kappa shape index (κ3) is 5.78. The van der Waals surface area contributed by atoms with Gasteiger partial charge in [-0.3, -0.25) is 4.79 Å². The number of nitriles is 1. The minimum atomic E-state index is -4.59. The van der Waals surface area contributed by atoms with Crippen molar-refractivity contribution < 1.29 is 32.2 Å². The lowest BCUT2D eigenvalue weighted by atomic mass is 9.71. The number of nitrogens with zero attached hydrogens (tertiary/aromatic N) is 3. The molecule has 2 aliphatic heterocycles. The van der Waals surface area contributed by atoms with Crippen LogP contribution in [0.15, 0.2) is 18.2 Å². The maximum Gasteiger partial charge on any atom is 0.417 e. The van der Waals surface area contributed by atoms with Crippen LogP contribution in [-0.4, -0.2) is 77.6 Å². The molecule has 10 heteroatoms. The van der Waals surface area contributed by atoms with E-state index in [1.165, 1.54) is 13.2 Å². The van der Waals surface area contributed by atoms with E-state index in [2.05, 4.69) is 0 Å². The molecule has 1 unspecified atom stereocenters. The Kier molecular flexibility index (Phi) is 8.21. The van der Waals surface area contributed by atoms with Gasteiger partial charge in [-0.05, 0) is 36.5 Å². The van der Waals surface area contributed by atoms with Crippen molar-refractivity contribution in [1.29, 1.82) is 5.26 Å². The van der Waals surface area contributed by atoms with E-state index < -0.39 is 11.7 Å². The second-order valence-electron chi connectivity index (χ2n) is 8.66. The summed E-state index contributed by atoms with van der Waals surface area (Å²) in [6, 6.07) is 5.48. The van der Waals surface area contributed by atoms with Crippen molar-refractivity contribution in [3.05, 3.63) is 29.3 Å². The van der Waals surface area contributed by atoms with Crippen molar-refractivity contribution in [2.45, 2.75) is 19.0 Å². The van der Waals surface area contributed by atoms with Gasteiger partial charge >= 0.3 is 6.18 Å². The number of hydrogen-bond acceptors (Lipinski definition) is 6. The van der Waals surface area contributed by atoms with Crippen LogP contribution < -0.4 is 4.90 Å². The fourth-order valence-corrected chi connectivity index (χ4v) is 4.87. The Hall–Kier alpha value is -2.35. The third-order valence-electron chi connectivity index (χ3n) is 6.74. The molecule has 2 fully saturated rings. The molecule has 0 aliphatic carbocycles. The number of carbonyl (C=O) groups excluding carboxylic acids is 1. The molecule has 7 nitrogen and oxygen atoms in total. The Morgan fingerprint density at radius 1 is 1.21 bits per heavy atom. The average Bonchev–Trinajstić information content (AvgIpc) is 3.14. The van der Waals surface area contributed by atoms with E-state index in [-0.39, 0.29) is 29.4 Å². The zero-order valence-electron chi connectivity index (χ0n) is 19.0. The van der Waals surface area contributed by atoms with Crippen molar-refractivity contribution in [3.63, 3.8) is 0 Å². The first-order chi connectivity index (χ1) is 15.7. The lowest BCUT2D eigenvalue weighted by Crippen LogP contribution is -2.45. The molecule has 0 N–H and O–H groups in total. The maximum absolute atomic E-state index is 13.4. The fraction of sp³-hybridized carbons (Fsp3) is 0.652. The van der Waals surface area contributed by atoms with Crippen LogP contribution in [0.3, 0.4) is 0 Å². The van der Waals surface area contributed by atoms with Gasteiger partial charge in [0.1, 0.15) is 6.61 Å². The van der Waals surface area contributed by atoms with E-state index in [4.69, 9.17) is 19.5 Å². The van der Waals surface area contributed by atoms with Crippen LogP contribution in [0.5, 0.6) is 0 Å². The standard InChI is InChI=1S/C23H30F3N3O4/c1-31-9-10-33-14-18-13-29(21(30)15-32-2)16-22(18)5-7-28(8-6-22)19-4-3-17(12-27)20(11-19)23(24,25)26/h3-4,11,18H,5-10,13-16H2,1-2H3. The Morgan fingerprint density at radius 3 is 2.55 bits per heavy atom. The molecule has 0 bridgehead atoms. The SMILES string of the molecule is COCCOCC1CN(C(=O)COC)CC12CCN(c1ccc(C#N)c(C(F)(F)F)c1)CC2. The highest BCUT2D eigenvalue weighted by atomic mass is 19.4. The zero-order chi connectivity index (χ0) is 24.1. The number of methoxy groups -OCH3 is 2. The van der Waals surface area contributed by atoms with E-state index in [0.29, 0.717) is 51.7 Å². The third-order valence-corrected chi connectivity index (χ3v) is 6.74. The quantitative estimate of drug-likeness (QED) is 0.545. The van der Waals surface area contributed by atoms with Gasteiger partial charge in [0.25, 0.3) is 0 Å². The number of amides is 1. The molecule has 1 amide bonds. The minimum Gasteiger partial charge on any atom is -0.382 e. The van der Waals surface area contributed by atoms with Gasteiger partial charge in [0.15, 0.2) is 0 Å². The summed E-state index contributed by atoms with van der Waals surface area (Å²) in [4.78, 5) is 16.2. The van der Waals surface area contributed by atoms with Gasteiger partial charge < -0.3 is 24.0 Å². The first-order valence-electron chi connectivity index (χ1n) is 10.9. The second-order valence-corrected chi connectivity index (χ2v) is 8.66. The molecule has 1 spiro atoms. The Balaban J connectivity index is 1.73. The molecule has 2 saturated heterocycles. The number of likely N-dealkylation sites (tertiary alicyclic amines) is 1. The highest BCUT2D eigenvalue weighted by Crippen LogP contribution is 2.46. The highest BCUT2D eigenvalue weighted by molar-refractivity contribution is 5.78. The second kappa shape index (κ2) is 10.7. The van der Waals surface area contributed by atoms with Crippen LogP contribution in [0, 0.1) is 22.7 Å².